The third-order valence-electron chi connectivity index (χ3n) is 2.71. The van der Waals surface area contributed by atoms with Crippen LogP contribution in [0.25, 0.3) is 5.52 Å². The Morgan fingerprint density at radius 3 is 3.07 bits per heavy atom. The third kappa shape index (κ3) is 1.67. The largest absolute Gasteiger partial charge is 0.310 e. The van der Waals surface area contributed by atoms with Gasteiger partial charge in [0.25, 0.3) is 5.56 Å². The summed E-state index contributed by atoms with van der Waals surface area (Å²) in [6, 6.07) is 3.81. The standard InChI is InChI=1S/C11H15N3O/c1-3-4-8(2)9-5-6-10-11(15)12-7-13-14(9)10/h5-8H,3-4H2,1-2H3,(H,12,13,15). The summed E-state index contributed by atoms with van der Waals surface area (Å²) in [6.07, 6.45) is 3.69. The van der Waals surface area contributed by atoms with Gasteiger partial charge in [0, 0.05) is 5.69 Å². The summed E-state index contributed by atoms with van der Waals surface area (Å²) in [4.78, 5) is 14.0. The molecule has 0 aliphatic rings. The van der Waals surface area contributed by atoms with Crippen molar-refractivity contribution in [2.75, 3.05) is 0 Å². The molecule has 4 heteroatoms. The molecule has 2 aromatic rings. The van der Waals surface area contributed by atoms with Gasteiger partial charge in [0.05, 0.1) is 0 Å². The lowest BCUT2D eigenvalue weighted by Gasteiger charge is -2.08. The fourth-order valence-electron chi connectivity index (χ4n) is 1.92. The van der Waals surface area contributed by atoms with Crippen LogP contribution in [0.15, 0.2) is 23.3 Å². The second-order valence-corrected chi connectivity index (χ2v) is 3.86. The fourth-order valence-corrected chi connectivity index (χ4v) is 1.92. The van der Waals surface area contributed by atoms with Crippen molar-refractivity contribution >= 4 is 5.52 Å². The summed E-state index contributed by atoms with van der Waals surface area (Å²) in [5, 5.41) is 4.17. The van der Waals surface area contributed by atoms with E-state index in [1.165, 1.54) is 6.33 Å². The molecule has 4 nitrogen and oxygen atoms in total. The van der Waals surface area contributed by atoms with Crippen LogP contribution in [0, 0.1) is 0 Å². The SMILES string of the molecule is CCCC(C)c1ccc2c(=O)[nH]cnn12. The number of rotatable bonds is 3. The molecule has 2 aromatic heterocycles. The molecular formula is C11H15N3O. The van der Waals surface area contributed by atoms with E-state index in [0.717, 1.165) is 18.5 Å². The summed E-state index contributed by atoms with van der Waals surface area (Å²) in [5.74, 6) is 0.437. The molecule has 2 heterocycles. The number of H-pyrrole nitrogens is 1. The van der Waals surface area contributed by atoms with E-state index in [1.807, 2.05) is 12.1 Å². The van der Waals surface area contributed by atoms with Gasteiger partial charge in [-0.15, -0.1) is 0 Å². The van der Waals surface area contributed by atoms with Crippen molar-refractivity contribution in [3.8, 4) is 0 Å². The van der Waals surface area contributed by atoms with Crippen molar-refractivity contribution in [2.24, 2.45) is 0 Å². The lowest BCUT2D eigenvalue weighted by atomic mass is 10.0. The number of hydrogen-bond acceptors (Lipinski definition) is 2. The molecule has 0 saturated carbocycles. The second-order valence-electron chi connectivity index (χ2n) is 3.86. The molecule has 1 unspecified atom stereocenters. The quantitative estimate of drug-likeness (QED) is 0.832. The summed E-state index contributed by atoms with van der Waals surface area (Å²) in [5.41, 5.74) is 1.65. The highest BCUT2D eigenvalue weighted by molar-refractivity contribution is 5.46. The zero-order chi connectivity index (χ0) is 10.8. The molecule has 0 aliphatic heterocycles. The number of aromatic nitrogens is 3. The van der Waals surface area contributed by atoms with Crippen LogP contribution in [-0.4, -0.2) is 14.6 Å². The summed E-state index contributed by atoms with van der Waals surface area (Å²) in [7, 11) is 0. The number of nitrogens with zero attached hydrogens (tertiary/aromatic N) is 2. The summed E-state index contributed by atoms with van der Waals surface area (Å²) in [6.45, 7) is 4.32. The predicted octanol–water partition coefficient (Wildman–Crippen LogP) is 1.93. The Hall–Kier alpha value is -1.58. The van der Waals surface area contributed by atoms with Crippen LogP contribution in [0.4, 0.5) is 0 Å². The van der Waals surface area contributed by atoms with Gasteiger partial charge in [-0.3, -0.25) is 4.79 Å². The minimum atomic E-state index is -0.0834. The van der Waals surface area contributed by atoms with Crippen LogP contribution >= 0.6 is 0 Å². The average Bonchev–Trinajstić information content (AvgIpc) is 2.63. The predicted molar refractivity (Wildman–Crippen MR) is 59.1 cm³/mol. The van der Waals surface area contributed by atoms with Crippen LogP contribution in [-0.2, 0) is 0 Å². The van der Waals surface area contributed by atoms with Gasteiger partial charge in [-0.1, -0.05) is 20.3 Å². The van der Waals surface area contributed by atoms with Gasteiger partial charge in [-0.2, -0.15) is 5.10 Å². The summed E-state index contributed by atoms with van der Waals surface area (Å²) >= 11 is 0. The molecule has 15 heavy (non-hydrogen) atoms. The number of hydrogen-bond donors (Lipinski definition) is 1. The van der Waals surface area contributed by atoms with Crippen LogP contribution in [0.3, 0.4) is 0 Å². The van der Waals surface area contributed by atoms with E-state index < -0.39 is 0 Å². The fraction of sp³-hybridized carbons (Fsp3) is 0.455. The maximum Gasteiger partial charge on any atom is 0.275 e. The Bertz CT molecular complexity index is 512. The Balaban J connectivity index is 2.54. The molecule has 80 valence electrons. The monoisotopic (exact) mass is 205 g/mol. The number of fused-ring (bicyclic) bond motifs is 1. The highest BCUT2D eigenvalue weighted by Gasteiger charge is 2.11. The lowest BCUT2D eigenvalue weighted by molar-refractivity contribution is 0.626. The Labute approximate surface area is 87.9 Å². The van der Waals surface area contributed by atoms with Crippen LogP contribution in [0.2, 0.25) is 0 Å². The van der Waals surface area contributed by atoms with Gasteiger partial charge in [0.2, 0.25) is 0 Å². The van der Waals surface area contributed by atoms with Crippen molar-refractivity contribution in [1.82, 2.24) is 14.6 Å². The smallest absolute Gasteiger partial charge is 0.275 e. The van der Waals surface area contributed by atoms with Crippen molar-refractivity contribution in [3.05, 3.63) is 34.5 Å². The molecule has 0 aromatic carbocycles. The van der Waals surface area contributed by atoms with E-state index in [-0.39, 0.29) is 5.56 Å². The van der Waals surface area contributed by atoms with E-state index in [4.69, 9.17) is 0 Å². The number of aromatic amines is 1. The van der Waals surface area contributed by atoms with Crippen molar-refractivity contribution in [2.45, 2.75) is 32.6 Å². The maximum atomic E-state index is 11.5. The molecule has 1 N–H and O–H groups in total. The van der Waals surface area contributed by atoms with E-state index in [0.29, 0.717) is 11.4 Å². The second kappa shape index (κ2) is 3.88. The molecule has 1 atom stereocenters. The van der Waals surface area contributed by atoms with E-state index in [9.17, 15) is 4.79 Å². The third-order valence-corrected chi connectivity index (χ3v) is 2.71. The average molecular weight is 205 g/mol. The van der Waals surface area contributed by atoms with Crippen LogP contribution in [0.1, 0.15) is 38.3 Å². The summed E-state index contributed by atoms with van der Waals surface area (Å²) < 4.78 is 1.74. The highest BCUT2D eigenvalue weighted by atomic mass is 16.1. The molecule has 0 saturated heterocycles. The minimum absolute atomic E-state index is 0.0834. The van der Waals surface area contributed by atoms with Crippen LogP contribution < -0.4 is 5.56 Å². The molecule has 0 spiro atoms. The first-order valence-electron chi connectivity index (χ1n) is 5.29. The lowest BCUT2D eigenvalue weighted by Crippen LogP contribution is -2.12. The van der Waals surface area contributed by atoms with E-state index in [2.05, 4.69) is 23.9 Å². The topological polar surface area (TPSA) is 50.2 Å². The first-order valence-corrected chi connectivity index (χ1v) is 5.29. The molecule has 0 radical (unpaired) electrons. The van der Waals surface area contributed by atoms with Gasteiger partial charge in [0.15, 0.2) is 0 Å². The van der Waals surface area contributed by atoms with Crippen molar-refractivity contribution in [1.29, 1.82) is 0 Å². The van der Waals surface area contributed by atoms with Gasteiger partial charge in [-0.25, -0.2) is 4.52 Å². The number of nitrogens with one attached hydrogen (secondary N) is 1. The van der Waals surface area contributed by atoms with Crippen molar-refractivity contribution in [3.63, 3.8) is 0 Å². The molecular weight excluding hydrogens is 190 g/mol. The van der Waals surface area contributed by atoms with E-state index >= 15 is 0 Å². The van der Waals surface area contributed by atoms with Crippen molar-refractivity contribution < 1.29 is 0 Å². The van der Waals surface area contributed by atoms with Gasteiger partial charge < -0.3 is 4.98 Å². The van der Waals surface area contributed by atoms with Gasteiger partial charge >= 0.3 is 0 Å². The maximum absolute atomic E-state index is 11.5. The highest BCUT2D eigenvalue weighted by Crippen LogP contribution is 2.20. The van der Waals surface area contributed by atoms with Gasteiger partial charge in [0.1, 0.15) is 11.8 Å². The molecule has 0 amide bonds. The first kappa shape index (κ1) is 9.96. The Kier molecular flexibility index (Phi) is 2.58. The van der Waals surface area contributed by atoms with Gasteiger partial charge in [-0.05, 0) is 24.5 Å². The Morgan fingerprint density at radius 2 is 2.33 bits per heavy atom. The molecule has 0 aliphatic carbocycles. The molecule has 0 bridgehead atoms. The normalized spacial score (nSPS) is 13.2. The van der Waals surface area contributed by atoms with Crippen LogP contribution in [0.5, 0.6) is 0 Å². The molecule has 0 fully saturated rings. The zero-order valence-corrected chi connectivity index (χ0v) is 9.03. The van der Waals surface area contributed by atoms with E-state index in [1.54, 1.807) is 4.52 Å². The Morgan fingerprint density at radius 1 is 1.53 bits per heavy atom. The first-order chi connectivity index (χ1) is 7.24. The molecule has 2 rings (SSSR count). The zero-order valence-electron chi connectivity index (χ0n) is 9.03. The minimum Gasteiger partial charge on any atom is -0.310 e.